The number of pyridine rings is 1. The van der Waals surface area contributed by atoms with Gasteiger partial charge in [-0.25, -0.2) is 9.78 Å². The van der Waals surface area contributed by atoms with Crippen LogP contribution in [0.2, 0.25) is 0 Å². The quantitative estimate of drug-likeness (QED) is 0.774. The lowest BCUT2D eigenvalue weighted by atomic mass is 10.1. The highest BCUT2D eigenvalue weighted by Gasteiger charge is 2.16. The van der Waals surface area contributed by atoms with Crippen LogP contribution >= 0.6 is 0 Å². The summed E-state index contributed by atoms with van der Waals surface area (Å²) in [5.41, 5.74) is 1.19. The summed E-state index contributed by atoms with van der Waals surface area (Å²) in [6.07, 6.45) is 0.858. The minimum absolute atomic E-state index is 0.332. The molecule has 0 aliphatic rings. The molecule has 0 spiro atoms. The van der Waals surface area contributed by atoms with Crippen LogP contribution in [0, 0.1) is 0 Å². The topological polar surface area (TPSA) is 48.4 Å². The Balaban J connectivity index is 2.47. The van der Waals surface area contributed by atoms with Gasteiger partial charge < -0.3 is 9.47 Å². The number of fused-ring (bicyclic) bond motifs is 1. The molecule has 0 saturated carbocycles. The molecule has 1 aromatic carbocycles. The largest absolute Gasteiger partial charge is 0.477 e. The minimum atomic E-state index is -0.396. The van der Waals surface area contributed by atoms with Crippen LogP contribution in [0.1, 0.15) is 30.6 Å². The second-order valence-corrected chi connectivity index (χ2v) is 4.10. The van der Waals surface area contributed by atoms with Gasteiger partial charge in [0.15, 0.2) is 0 Å². The van der Waals surface area contributed by atoms with E-state index in [-0.39, 0.29) is 0 Å². The number of ether oxygens (including phenoxy) is 2. The van der Waals surface area contributed by atoms with E-state index < -0.39 is 5.97 Å². The van der Waals surface area contributed by atoms with Gasteiger partial charge in [-0.15, -0.1) is 0 Å². The predicted molar refractivity (Wildman–Crippen MR) is 73.5 cm³/mol. The maximum absolute atomic E-state index is 11.9. The fraction of sp³-hybridized carbons (Fsp3) is 0.333. The first-order valence-electron chi connectivity index (χ1n) is 6.46. The van der Waals surface area contributed by atoms with Gasteiger partial charge in [-0.3, -0.25) is 0 Å². The second kappa shape index (κ2) is 6.18. The highest BCUT2D eigenvalue weighted by Crippen LogP contribution is 2.23. The van der Waals surface area contributed by atoms with Gasteiger partial charge in [-0.05, 0) is 25.5 Å². The summed E-state index contributed by atoms with van der Waals surface area (Å²) in [6.45, 7) is 4.64. The van der Waals surface area contributed by atoms with E-state index in [2.05, 4.69) is 4.98 Å². The van der Waals surface area contributed by atoms with Gasteiger partial charge in [0.25, 0.3) is 0 Å². The molecule has 0 aliphatic heterocycles. The summed E-state index contributed by atoms with van der Waals surface area (Å²) >= 11 is 0. The van der Waals surface area contributed by atoms with Crippen LogP contribution in [0.15, 0.2) is 30.3 Å². The van der Waals surface area contributed by atoms with Crippen molar-refractivity contribution < 1.29 is 14.3 Å². The van der Waals surface area contributed by atoms with Crippen LogP contribution in [0.25, 0.3) is 10.9 Å². The van der Waals surface area contributed by atoms with Crippen LogP contribution < -0.4 is 4.74 Å². The molecule has 2 aromatic rings. The van der Waals surface area contributed by atoms with Crippen LogP contribution in [0.5, 0.6) is 5.88 Å². The zero-order chi connectivity index (χ0) is 13.7. The molecule has 2 rings (SSSR count). The van der Waals surface area contributed by atoms with E-state index in [1.165, 1.54) is 0 Å². The molecule has 0 radical (unpaired) electrons. The monoisotopic (exact) mass is 259 g/mol. The lowest BCUT2D eigenvalue weighted by Crippen LogP contribution is -2.10. The van der Waals surface area contributed by atoms with Gasteiger partial charge in [-0.1, -0.05) is 25.1 Å². The van der Waals surface area contributed by atoms with Crippen molar-refractivity contribution in [2.24, 2.45) is 0 Å². The molecule has 0 N–H and O–H groups in total. The van der Waals surface area contributed by atoms with Crippen molar-refractivity contribution in [2.75, 3.05) is 13.2 Å². The molecule has 1 aromatic heterocycles. The summed E-state index contributed by atoms with van der Waals surface area (Å²) in [5.74, 6) is -0.0501. The van der Waals surface area contributed by atoms with Gasteiger partial charge in [0.1, 0.15) is 5.56 Å². The number of esters is 1. The Morgan fingerprint density at radius 2 is 2.05 bits per heavy atom. The number of hydrogen-bond acceptors (Lipinski definition) is 4. The standard InChI is InChI=1S/C15H17NO3/c1-3-9-19-14-12(15(17)18-4-2)10-11-7-5-6-8-13(11)16-14/h5-8,10H,3-4,9H2,1-2H3. The molecular weight excluding hydrogens is 242 g/mol. The van der Waals surface area contributed by atoms with E-state index in [1.54, 1.807) is 13.0 Å². The molecule has 19 heavy (non-hydrogen) atoms. The van der Waals surface area contributed by atoms with Gasteiger partial charge >= 0.3 is 5.97 Å². The van der Waals surface area contributed by atoms with Crippen LogP contribution in [-0.4, -0.2) is 24.2 Å². The van der Waals surface area contributed by atoms with Crippen LogP contribution in [0.4, 0.5) is 0 Å². The molecular formula is C15H17NO3. The molecule has 0 aliphatic carbocycles. The summed E-state index contributed by atoms with van der Waals surface area (Å²) in [6, 6.07) is 9.39. The average Bonchev–Trinajstić information content (AvgIpc) is 2.44. The first kappa shape index (κ1) is 13.3. The smallest absolute Gasteiger partial charge is 0.343 e. The molecule has 1 heterocycles. The van der Waals surface area contributed by atoms with Crippen LogP contribution in [0.3, 0.4) is 0 Å². The van der Waals surface area contributed by atoms with Crippen molar-refractivity contribution >= 4 is 16.9 Å². The Bertz CT molecular complexity index is 581. The Kier molecular flexibility index (Phi) is 4.34. The molecule has 0 saturated heterocycles. The zero-order valence-corrected chi connectivity index (χ0v) is 11.2. The third kappa shape index (κ3) is 3.02. The zero-order valence-electron chi connectivity index (χ0n) is 11.2. The van der Waals surface area contributed by atoms with Crippen molar-refractivity contribution in [2.45, 2.75) is 20.3 Å². The van der Waals surface area contributed by atoms with Gasteiger partial charge in [0, 0.05) is 5.39 Å². The molecule has 0 fully saturated rings. The Labute approximate surface area is 112 Å². The first-order chi connectivity index (χ1) is 9.26. The number of aromatic nitrogens is 1. The van der Waals surface area contributed by atoms with Crippen molar-refractivity contribution in [3.8, 4) is 5.88 Å². The number of carbonyl (C=O) groups is 1. The van der Waals surface area contributed by atoms with Crippen LogP contribution in [-0.2, 0) is 4.74 Å². The Morgan fingerprint density at radius 1 is 1.26 bits per heavy atom. The van der Waals surface area contributed by atoms with E-state index in [0.29, 0.717) is 24.7 Å². The molecule has 4 heteroatoms. The molecule has 0 amide bonds. The van der Waals surface area contributed by atoms with Gasteiger partial charge in [0.05, 0.1) is 18.7 Å². The van der Waals surface area contributed by atoms with E-state index in [4.69, 9.17) is 9.47 Å². The van der Waals surface area contributed by atoms with Crippen molar-refractivity contribution in [1.29, 1.82) is 0 Å². The maximum atomic E-state index is 11.9. The molecule has 4 nitrogen and oxygen atoms in total. The predicted octanol–water partition coefficient (Wildman–Crippen LogP) is 3.20. The summed E-state index contributed by atoms with van der Waals surface area (Å²) < 4.78 is 10.6. The number of nitrogens with zero attached hydrogens (tertiary/aromatic N) is 1. The fourth-order valence-electron chi connectivity index (χ4n) is 1.76. The van der Waals surface area contributed by atoms with Gasteiger partial charge in [0.2, 0.25) is 5.88 Å². The van der Waals surface area contributed by atoms with Crippen molar-refractivity contribution in [3.05, 3.63) is 35.9 Å². The molecule has 0 atom stereocenters. The average molecular weight is 259 g/mol. The molecule has 0 unspecified atom stereocenters. The van der Waals surface area contributed by atoms with E-state index >= 15 is 0 Å². The Hall–Kier alpha value is -2.10. The maximum Gasteiger partial charge on any atom is 0.343 e. The van der Waals surface area contributed by atoms with E-state index in [9.17, 15) is 4.79 Å². The molecule has 0 bridgehead atoms. The van der Waals surface area contributed by atoms with E-state index in [0.717, 1.165) is 17.3 Å². The fourth-order valence-corrected chi connectivity index (χ4v) is 1.76. The first-order valence-corrected chi connectivity index (χ1v) is 6.46. The number of hydrogen-bond donors (Lipinski definition) is 0. The number of rotatable bonds is 5. The minimum Gasteiger partial charge on any atom is -0.477 e. The second-order valence-electron chi connectivity index (χ2n) is 4.10. The number of benzene rings is 1. The number of para-hydroxylation sites is 1. The Morgan fingerprint density at radius 3 is 2.79 bits per heavy atom. The van der Waals surface area contributed by atoms with Gasteiger partial charge in [-0.2, -0.15) is 0 Å². The third-order valence-corrected chi connectivity index (χ3v) is 2.63. The third-order valence-electron chi connectivity index (χ3n) is 2.63. The summed E-state index contributed by atoms with van der Waals surface area (Å²) in [7, 11) is 0. The van der Waals surface area contributed by atoms with Crippen molar-refractivity contribution in [1.82, 2.24) is 4.98 Å². The highest BCUT2D eigenvalue weighted by molar-refractivity contribution is 5.96. The lowest BCUT2D eigenvalue weighted by molar-refractivity contribution is 0.0521. The lowest BCUT2D eigenvalue weighted by Gasteiger charge is -2.10. The normalized spacial score (nSPS) is 10.4. The SMILES string of the molecule is CCCOc1nc2ccccc2cc1C(=O)OCC. The van der Waals surface area contributed by atoms with Crippen molar-refractivity contribution in [3.63, 3.8) is 0 Å². The summed E-state index contributed by atoms with van der Waals surface area (Å²) in [5, 5.41) is 0.898. The molecule has 100 valence electrons. The summed E-state index contributed by atoms with van der Waals surface area (Å²) in [4.78, 5) is 16.3. The highest BCUT2D eigenvalue weighted by atomic mass is 16.5. The number of carbonyl (C=O) groups excluding carboxylic acids is 1. The van der Waals surface area contributed by atoms with E-state index in [1.807, 2.05) is 31.2 Å².